The zero-order valence-corrected chi connectivity index (χ0v) is 19.5. The molecular weight excluding hydrogens is 415 g/mol. The van der Waals surface area contributed by atoms with Gasteiger partial charge in [0.15, 0.2) is 17.4 Å². The van der Waals surface area contributed by atoms with Gasteiger partial charge in [0.2, 0.25) is 0 Å². The topological polar surface area (TPSA) is 82.7 Å². The summed E-state index contributed by atoms with van der Waals surface area (Å²) >= 11 is 0. The Bertz CT molecular complexity index is 915. The number of rotatable bonds is 9. The van der Waals surface area contributed by atoms with Crippen LogP contribution < -0.4 is 4.74 Å². The summed E-state index contributed by atoms with van der Waals surface area (Å²) in [5.41, 5.74) is 1.62. The van der Waals surface area contributed by atoms with Crippen LogP contribution in [0.1, 0.15) is 69.8 Å². The lowest BCUT2D eigenvalue weighted by Gasteiger charge is -2.22. The van der Waals surface area contributed by atoms with E-state index in [0.717, 1.165) is 25.0 Å². The van der Waals surface area contributed by atoms with E-state index in [1.54, 1.807) is 12.1 Å². The average molecular weight is 449 g/mol. The van der Waals surface area contributed by atoms with Crippen LogP contribution in [0, 0.1) is 5.82 Å². The van der Waals surface area contributed by atoms with E-state index in [2.05, 4.69) is 10.2 Å². The molecule has 0 amide bonds. The Morgan fingerprint density at radius 3 is 2.62 bits per heavy atom. The van der Waals surface area contributed by atoms with Crippen molar-refractivity contribution < 1.29 is 28.1 Å². The number of carbonyl (C=O) groups excluding carboxylic acids is 1. The Kier molecular flexibility index (Phi) is 7.56. The van der Waals surface area contributed by atoms with Crippen LogP contribution in [0.15, 0.2) is 24.3 Å². The molecule has 2 heterocycles. The Labute approximate surface area is 188 Å². The second-order valence-electron chi connectivity index (χ2n) is 9.24. The van der Waals surface area contributed by atoms with Crippen LogP contribution in [-0.2, 0) is 25.4 Å². The molecule has 1 N–H and O–H groups in total. The normalized spacial score (nSPS) is 16.7. The number of hydrogen-bond donors (Lipinski definition) is 1. The molecule has 32 heavy (non-hydrogen) atoms. The first-order valence-corrected chi connectivity index (χ1v) is 11.0. The van der Waals surface area contributed by atoms with Gasteiger partial charge in [-0.25, -0.2) is 4.39 Å². The van der Waals surface area contributed by atoms with Gasteiger partial charge in [0.05, 0.1) is 32.4 Å². The zero-order chi connectivity index (χ0) is 23.4. The van der Waals surface area contributed by atoms with Crippen molar-refractivity contribution in [1.82, 2.24) is 10.2 Å². The fourth-order valence-electron chi connectivity index (χ4n) is 3.83. The number of benzene rings is 1. The minimum atomic E-state index is -0.607. The molecule has 1 aromatic heterocycles. The Morgan fingerprint density at radius 1 is 1.28 bits per heavy atom. The van der Waals surface area contributed by atoms with Crippen molar-refractivity contribution in [2.75, 3.05) is 20.3 Å². The highest BCUT2D eigenvalue weighted by molar-refractivity contribution is 5.71. The first-order valence-electron chi connectivity index (χ1n) is 11.0. The lowest BCUT2D eigenvalue weighted by Crippen LogP contribution is -2.25. The van der Waals surface area contributed by atoms with Gasteiger partial charge in [-0.1, -0.05) is 6.07 Å². The number of carbonyl (C=O) groups is 1. The molecule has 1 unspecified atom stereocenters. The standard InChI is InChI=1S/C24H33FN2O5/c1-23(2,3)32-22(28)15-18(16-8-9-21(29-5)19(25)13-16)20-14-17(26-27-20)7-6-10-24(4)30-11-12-31-24/h8-9,13-14,18H,6-7,10-12,15H2,1-5H3,(H,26,27). The lowest BCUT2D eigenvalue weighted by atomic mass is 9.91. The first-order chi connectivity index (χ1) is 15.1. The molecule has 0 bridgehead atoms. The van der Waals surface area contributed by atoms with E-state index in [9.17, 15) is 9.18 Å². The number of aromatic amines is 1. The summed E-state index contributed by atoms with van der Waals surface area (Å²) in [4.78, 5) is 12.6. The highest BCUT2D eigenvalue weighted by Gasteiger charge is 2.30. The number of methoxy groups -OCH3 is 1. The predicted octanol–water partition coefficient (Wildman–Crippen LogP) is 4.51. The number of nitrogens with one attached hydrogen (secondary N) is 1. The van der Waals surface area contributed by atoms with Crippen molar-refractivity contribution in [3.05, 3.63) is 47.0 Å². The van der Waals surface area contributed by atoms with Gasteiger partial charge in [-0.05, 0) is 64.3 Å². The number of esters is 1. The zero-order valence-electron chi connectivity index (χ0n) is 19.5. The van der Waals surface area contributed by atoms with Crippen molar-refractivity contribution in [1.29, 1.82) is 0 Å². The maximum atomic E-state index is 14.4. The molecule has 1 aromatic carbocycles. The predicted molar refractivity (Wildman–Crippen MR) is 117 cm³/mol. The van der Waals surface area contributed by atoms with Gasteiger partial charge in [-0.15, -0.1) is 0 Å². The Balaban J connectivity index is 1.75. The number of aryl methyl sites for hydroxylation is 1. The number of H-pyrrole nitrogens is 1. The Hall–Kier alpha value is -2.45. The van der Waals surface area contributed by atoms with Crippen molar-refractivity contribution in [2.24, 2.45) is 0 Å². The lowest BCUT2D eigenvalue weighted by molar-refractivity contribution is -0.155. The van der Waals surface area contributed by atoms with E-state index in [1.165, 1.54) is 13.2 Å². The molecule has 2 aromatic rings. The third kappa shape index (κ3) is 6.53. The van der Waals surface area contributed by atoms with Gasteiger partial charge in [0.1, 0.15) is 5.60 Å². The second kappa shape index (κ2) is 10.0. The minimum Gasteiger partial charge on any atom is -0.494 e. The summed E-state index contributed by atoms with van der Waals surface area (Å²) in [6.45, 7) is 8.64. The molecule has 1 fully saturated rings. The largest absolute Gasteiger partial charge is 0.494 e. The van der Waals surface area contributed by atoms with Crippen LogP contribution in [0.25, 0.3) is 0 Å². The molecule has 1 aliphatic heterocycles. The van der Waals surface area contributed by atoms with Gasteiger partial charge in [-0.3, -0.25) is 9.89 Å². The van der Waals surface area contributed by atoms with E-state index in [4.69, 9.17) is 18.9 Å². The highest BCUT2D eigenvalue weighted by Crippen LogP contribution is 2.32. The molecule has 8 heteroatoms. The SMILES string of the molecule is COc1ccc(C(CC(=O)OC(C)(C)C)c2cc(CCCC3(C)OCCO3)[nH]n2)cc1F. The summed E-state index contributed by atoms with van der Waals surface area (Å²) in [6, 6.07) is 6.62. The Morgan fingerprint density at radius 2 is 2.00 bits per heavy atom. The van der Waals surface area contributed by atoms with Crippen molar-refractivity contribution in [2.45, 2.75) is 70.7 Å². The van der Waals surface area contributed by atoms with Crippen molar-refractivity contribution in [3.8, 4) is 5.75 Å². The van der Waals surface area contributed by atoms with Crippen molar-refractivity contribution >= 4 is 5.97 Å². The maximum absolute atomic E-state index is 14.4. The average Bonchev–Trinajstić information content (AvgIpc) is 3.34. The first kappa shape index (κ1) is 24.2. The molecule has 1 atom stereocenters. The molecule has 3 rings (SSSR count). The van der Waals surface area contributed by atoms with Crippen LogP contribution in [0.4, 0.5) is 4.39 Å². The summed E-state index contributed by atoms with van der Waals surface area (Å²) in [5.74, 6) is -1.68. The van der Waals surface area contributed by atoms with Gasteiger partial charge in [0.25, 0.3) is 0 Å². The van der Waals surface area contributed by atoms with E-state index in [1.807, 2.05) is 33.8 Å². The molecule has 1 aliphatic rings. The van der Waals surface area contributed by atoms with Crippen LogP contribution >= 0.6 is 0 Å². The molecule has 176 valence electrons. The van der Waals surface area contributed by atoms with Gasteiger partial charge in [0, 0.05) is 18.0 Å². The van der Waals surface area contributed by atoms with Crippen LogP contribution in [0.3, 0.4) is 0 Å². The summed E-state index contributed by atoms with van der Waals surface area (Å²) in [7, 11) is 1.42. The smallest absolute Gasteiger partial charge is 0.307 e. The van der Waals surface area contributed by atoms with E-state index in [0.29, 0.717) is 24.5 Å². The molecular formula is C24H33FN2O5. The number of aromatic nitrogens is 2. The molecule has 0 radical (unpaired) electrons. The summed E-state index contributed by atoms with van der Waals surface area (Å²) < 4.78 is 36.2. The number of hydrogen-bond acceptors (Lipinski definition) is 6. The summed E-state index contributed by atoms with van der Waals surface area (Å²) in [5, 5.41) is 7.48. The van der Waals surface area contributed by atoms with Gasteiger partial charge in [-0.2, -0.15) is 5.10 Å². The third-order valence-corrected chi connectivity index (χ3v) is 5.35. The van der Waals surface area contributed by atoms with Crippen LogP contribution in [0.2, 0.25) is 0 Å². The highest BCUT2D eigenvalue weighted by atomic mass is 19.1. The number of ether oxygens (including phenoxy) is 4. The van der Waals surface area contributed by atoms with Gasteiger partial charge < -0.3 is 18.9 Å². The number of nitrogens with zero attached hydrogens (tertiary/aromatic N) is 1. The van der Waals surface area contributed by atoms with E-state index < -0.39 is 23.1 Å². The van der Waals surface area contributed by atoms with Crippen LogP contribution in [0.5, 0.6) is 5.75 Å². The molecule has 0 aliphatic carbocycles. The fraction of sp³-hybridized carbons (Fsp3) is 0.583. The monoisotopic (exact) mass is 448 g/mol. The van der Waals surface area contributed by atoms with E-state index in [-0.39, 0.29) is 18.1 Å². The van der Waals surface area contributed by atoms with Crippen molar-refractivity contribution in [3.63, 3.8) is 0 Å². The fourth-order valence-corrected chi connectivity index (χ4v) is 3.83. The number of halogens is 1. The minimum absolute atomic E-state index is 0.0487. The summed E-state index contributed by atoms with van der Waals surface area (Å²) in [6.07, 6.45) is 2.43. The second-order valence-corrected chi connectivity index (χ2v) is 9.24. The molecule has 0 saturated carbocycles. The van der Waals surface area contributed by atoms with Crippen LogP contribution in [-0.4, -0.2) is 47.9 Å². The molecule has 7 nitrogen and oxygen atoms in total. The molecule has 0 spiro atoms. The molecule has 1 saturated heterocycles. The van der Waals surface area contributed by atoms with E-state index >= 15 is 0 Å². The third-order valence-electron chi connectivity index (χ3n) is 5.35. The van der Waals surface area contributed by atoms with Gasteiger partial charge >= 0.3 is 5.97 Å². The maximum Gasteiger partial charge on any atom is 0.307 e. The quantitative estimate of drug-likeness (QED) is 0.569.